The molecule has 4 nitrogen and oxygen atoms in total. The number of nitrogens with zero attached hydrogens (tertiary/aromatic N) is 2. The minimum atomic E-state index is -0.0683. The van der Waals surface area contributed by atoms with Crippen LogP contribution in [0.1, 0.15) is 31.4 Å². The zero-order valence-corrected chi connectivity index (χ0v) is 15.6. The number of aliphatic hydroxyl groups is 1. The summed E-state index contributed by atoms with van der Waals surface area (Å²) in [4.78, 5) is 21.8. The van der Waals surface area contributed by atoms with E-state index in [2.05, 4.69) is 18.0 Å². The molecule has 0 aliphatic heterocycles. The molecule has 0 radical (unpaired) electrons. The average Bonchev–Trinajstić information content (AvgIpc) is 2.99. The summed E-state index contributed by atoms with van der Waals surface area (Å²) < 4.78 is 0. The van der Waals surface area contributed by atoms with Crippen LogP contribution in [0.5, 0.6) is 0 Å². The molecule has 0 unspecified atom stereocenters. The molecule has 0 saturated heterocycles. The summed E-state index contributed by atoms with van der Waals surface area (Å²) in [5, 5.41) is 10.3. The van der Waals surface area contributed by atoms with Crippen molar-refractivity contribution in [2.75, 3.05) is 13.2 Å². The molecule has 130 valence electrons. The Morgan fingerprint density at radius 1 is 1.20 bits per heavy atom. The first-order valence-corrected chi connectivity index (χ1v) is 9.13. The lowest BCUT2D eigenvalue weighted by Gasteiger charge is -2.22. The molecule has 0 spiro atoms. The number of amides is 1. The van der Waals surface area contributed by atoms with Gasteiger partial charge in [-0.2, -0.15) is 0 Å². The van der Waals surface area contributed by atoms with Crippen LogP contribution < -0.4 is 0 Å². The largest absolute Gasteiger partial charge is 0.395 e. The van der Waals surface area contributed by atoms with Gasteiger partial charge < -0.3 is 10.0 Å². The highest BCUT2D eigenvalue weighted by Gasteiger charge is 2.20. The number of fused-ring (bicyclic) bond motifs is 1. The fourth-order valence-electron chi connectivity index (χ4n) is 3.00. The normalized spacial score (nSPS) is 11.0. The Morgan fingerprint density at radius 2 is 2.00 bits per heavy atom. The van der Waals surface area contributed by atoms with Crippen molar-refractivity contribution in [3.05, 3.63) is 63.0 Å². The predicted octanol–water partition coefficient (Wildman–Crippen LogP) is 3.86. The van der Waals surface area contributed by atoms with Crippen molar-refractivity contribution in [3.8, 4) is 0 Å². The summed E-state index contributed by atoms with van der Waals surface area (Å²) >= 11 is 1.68. The number of hydrogen-bond donors (Lipinski definition) is 1. The number of carbonyl (C=O) groups is 1. The van der Waals surface area contributed by atoms with Gasteiger partial charge in [0.2, 0.25) is 0 Å². The summed E-state index contributed by atoms with van der Waals surface area (Å²) in [5.41, 5.74) is 3.38. The molecule has 0 fully saturated rings. The number of aliphatic hydroxyl groups excluding tert-OH is 1. The molecular formula is C20H22N2O2S. The SMILES string of the molecule is Cc1cc(C(=O)N(CCO)Cc2ccc(C)s2)c2cccc(C)c2n1. The third-order valence-electron chi connectivity index (χ3n) is 4.20. The third kappa shape index (κ3) is 3.72. The zero-order chi connectivity index (χ0) is 18.0. The molecule has 0 saturated carbocycles. The maximum absolute atomic E-state index is 13.2. The predicted molar refractivity (Wildman–Crippen MR) is 102 cm³/mol. The number of aromatic nitrogens is 1. The van der Waals surface area contributed by atoms with Gasteiger partial charge in [0.05, 0.1) is 24.2 Å². The van der Waals surface area contributed by atoms with Crippen molar-refractivity contribution in [2.45, 2.75) is 27.3 Å². The molecule has 0 aliphatic carbocycles. The lowest BCUT2D eigenvalue weighted by atomic mass is 10.0. The van der Waals surface area contributed by atoms with Crippen LogP contribution in [0.15, 0.2) is 36.4 Å². The van der Waals surface area contributed by atoms with Crippen LogP contribution in [0.2, 0.25) is 0 Å². The second kappa shape index (κ2) is 7.33. The molecule has 5 heteroatoms. The average molecular weight is 354 g/mol. The fraction of sp³-hybridized carbons (Fsp3) is 0.300. The number of pyridine rings is 1. The van der Waals surface area contributed by atoms with Gasteiger partial charge in [-0.25, -0.2) is 0 Å². The van der Waals surface area contributed by atoms with Gasteiger partial charge in [0.25, 0.3) is 5.91 Å². The van der Waals surface area contributed by atoms with E-state index in [9.17, 15) is 9.90 Å². The first-order chi connectivity index (χ1) is 12.0. The number of hydrogen-bond acceptors (Lipinski definition) is 4. The van der Waals surface area contributed by atoms with Gasteiger partial charge in [0.1, 0.15) is 0 Å². The second-order valence-corrected chi connectivity index (χ2v) is 7.62. The number of thiophene rings is 1. The monoisotopic (exact) mass is 354 g/mol. The van der Waals surface area contributed by atoms with Gasteiger partial charge in [-0.3, -0.25) is 9.78 Å². The lowest BCUT2D eigenvalue weighted by Crippen LogP contribution is -2.33. The summed E-state index contributed by atoms with van der Waals surface area (Å²) in [7, 11) is 0. The molecule has 1 amide bonds. The first kappa shape index (κ1) is 17.6. The standard InChI is InChI=1S/C20H22N2O2S/c1-13-5-4-6-17-18(11-14(2)21-19(13)17)20(24)22(9-10-23)12-16-8-7-15(3)25-16/h4-8,11,23H,9-10,12H2,1-3H3. The minimum absolute atomic E-state index is 0.0584. The maximum Gasteiger partial charge on any atom is 0.255 e. The van der Waals surface area contributed by atoms with Crippen LogP contribution in [-0.2, 0) is 6.54 Å². The van der Waals surface area contributed by atoms with Crippen LogP contribution in [0, 0.1) is 20.8 Å². The van der Waals surface area contributed by atoms with Gasteiger partial charge in [-0.05, 0) is 44.5 Å². The highest BCUT2D eigenvalue weighted by atomic mass is 32.1. The highest BCUT2D eigenvalue weighted by Crippen LogP contribution is 2.24. The van der Waals surface area contributed by atoms with E-state index in [0.29, 0.717) is 18.7 Å². The van der Waals surface area contributed by atoms with Crippen molar-refractivity contribution < 1.29 is 9.90 Å². The molecule has 25 heavy (non-hydrogen) atoms. The topological polar surface area (TPSA) is 53.4 Å². The Morgan fingerprint density at radius 3 is 2.68 bits per heavy atom. The highest BCUT2D eigenvalue weighted by molar-refractivity contribution is 7.11. The van der Waals surface area contributed by atoms with E-state index in [1.165, 1.54) is 4.88 Å². The zero-order valence-electron chi connectivity index (χ0n) is 14.7. The Labute approximate surface area is 151 Å². The Hall–Kier alpha value is -2.24. The molecular weight excluding hydrogens is 332 g/mol. The number of carbonyl (C=O) groups excluding carboxylic acids is 1. The van der Waals surface area contributed by atoms with E-state index in [1.54, 1.807) is 16.2 Å². The Bertz CT molecular complexity index is 917. The quantitative estimate of drug-likeness (QED) is 0.757. The van der Waals surface area contributed by atoms with Crippen LogP contribution in [0.25, 0.3) is 10.9 Å². The third-order valence-corrected chi connectivity index (χ3v) is 5.18. The summed E-state index contributed by atoms with van der Waals surface area (Å²) in [6, 6.07) is 11.8. The molecule has 2 heterocycles. The van der Waals surface area contributed by atoms with Crippen molar-refractivity contribution in [3.63, 3.8) is 0 Å². The molecule has 3 rings (SSSR count). The van der Waals surface area contributed by atoms with Crippen molar-refractivity contribution in [1.29, 1.82) is 0 Å². The molecule has 1 N–H and O–H groups in total. The number of rotatable bonds is 5. The smallest absolute Gasteiger partial charge is 0.255 e. The fourth-order valence-corrected chi connectivity index (χ4v) is 3.90. The van der Waals surface area contributed by atoms with Gasteiger partial charge in [0.15, 0.2) is 0 Å². The molecule has 0 atom stereocenters. The molecule has 1 aromatic carbocycles. The molecule has 3 aromatic rings. The van der Waals surface area contributed by atoms with E-state index in [0.717, 1.165) is 27.0 Å². The lowest BCUT2D eigenvalue weighted by molar-refractivity contribution is 0.0711. The molecule has 0 aliphatic rings. The van der Waals surface area contributed by atoms with E-state index in [4.69, 9.17) is 0 Å². The summed E-state index contributed by atoms with van der Waals surface area (Å²) in [5.74, 6) is -0.0683. The van der Waals surface area contributed by atoms with E-state index < -0.39 is 0 Å². The Balaban J connectivity index is 2.02. The molecule has 0 bridgehead atoms. The number of para-hydroxylation sites is 1. The Kier molecular flexibility index (Phi) is 5.16. The van der Waals surface area contributed by atoms with Gasteiger partial charge in [-0.1, -0.05) is 18.2 Å². The van der Waals surface area contributed by atoms with E-state index in [1.807, 2.05) is 44.2 Å². The van der Waals surface area contributed by atoms with Crippen molar-refractivity contribution in [2.24, 2.45) is 0 Å². The van der Waals surface area contributed by atoms with Crippen LogP contribution >= 0.6 is 11.3 Å². The van der Waals surface area contributed by atoms with E-state index >= 15 is 0 Å². The minimum Gasteiger partial charge on any atom is -0.395 e. The van der Waals surface area contributed by atoms with E-state index in [-0.39, 0.29) is 12.5 Å². The van der Waals surface area contributed by atoms with Crippen LogP contribution in [-0.4, -0.2) is 34.0 Å². The summed E-state index contributed by atoms with van der Waals surface area (Å²) in [6.07, 6.45) is 0. The number of benzene rings is 1. The summed E-state index contributed by atoms with van der Waals surface area (Å²) in [6.45, 7) is 6.72. The van der Waals surface area contributed by atoms with Crippen molar-refractivity contribution >= 4 is 28.1 Å². The first-order valence-electron chi connectivity index (χ1n) is 8.32. The van der Waals surface area contributed by atoms with Gasteiger partial charge >= 0.3 is 0 Å². The number of aryl methyl sites for hydroxylation is 3. The van der Waals surface area contributed by atoms with Crippen LogP contribution in [0.3, 0.4) is 0 Å². The molecule has 2 aromatic heterocycles. The van der Waals surface area contributed by atoms with Gasteiger partial charge in [-0.15, -0.1) is 11.3 Å². The second-order valence-electron chi connectivity index (χ2n) is 6.24. The van der Waals surface area contributed by atoms with Crippen LogP contribution in [0.4, 0.5) is 0 Å². The van der Waals surface area contributed by atoms with Crippen molar-refractivity contribution in [1.82, 2.24) is 9.88 Å². The maximum atomic E-state index is 13.2. The van der Waals surface area contributed by atoms with Gasteiger partial charge in [0, 0.05) is 27.4 Å².